The average Bonchev–Trinajstić information content (AvgIpc) is 2.72. The predicted octanol–water partition coefficient (Wildman–Crippen LogP) is 2.23. The van der Waals surface area contributed by atoms with E-state index in [-0.39, 0.29) is 11.9 Å². The highest BCUT2D eigenvalue weighted by molar-refractivity contribution is 5.96. The van der Waals surface area contributed by atoms with Gasteiger partial charge in [0, 0.05) is 31.1 Å². The number of carbonyl (C=O) groups is 1. The molecule has 0 aliphatic carbocycles. The molecule has 0 radical (unpaired) electrons. The maximum absolute atomic E-state index is 11.3. The van der Waals surface area contributed by atoms with Gasteiger partial charge in [-0.05, 0) is 41.8 Å². The summed E-state index contributed by atoms with van der Waals surface area (Å²) in [5, 5.41) is 3.56. The fourth-order valence-corrected chi connectivity index (χ4v) is 3.81. The number of methoxy groups -OCH3 is 1. The fraction of sp³-hybridized carbons (Fsp3) is 0.273. The molecule has 31 heavy (non-hydrogen) atoms. The summed E-state index contributed by atoms with van der Waals surface area (Å²) in [6.45, 7) is 3.57. The molecular weight excluding hydrogens is 394 g/mol. The number of nitrogens with zero attached hydrogens (tertiary/aromatic N) is 4. The van der Waals surface area contributed by atoms with Crippen LogP contribution in [0.25, 0.3) is 10.9 Å². The van der Waals surface area contributed by atoms with Crippen molar-refractivity contribution in [2.24, 2.45) is 10.7 Å². The van der Waals surface area contributed by atoms with E-state index in [4.69, 9.17) is 16.2 Å². The first-order valence-electron chi connectivity index (χ1n) is 9.98. The number of hydrogen-bond donors (Lipinski definition) is 3. The number of hydrogen-bond acceptors (Lipinski definition) is 7. The van der Waals surface area contributed by atoms with Crippen molar-refractivity contribution >= 4 is 40.1 Å². The molecule has 0 spiro atoms. The van der Waals surface area contributed by atoms with Crippen LogP contribution in [-0.4, -0.2) is 46.8 Å². The van der Waals surface area contributed by atoms with Gasteiger partial charge in [-0.25, -0.2) is 9.98 Å². The highest BCUT2D eigenvalue weighted by Crippen LogP contribution is 2.30. The van der Waals surface area contributed by atoms with E-state index < -0.39 is 0 Å². The number of nitrogens with one attached hydrogen (secondary N) is 1. The number of rotatable bonds is 5. The number of amidine groups is 1. The van der Waals surface area contributed by atoms with Gasteiger partial charge in [-0.15, -0.1) is 0 Å². The summed E-state index contributed by atoms with van der Waals surface area (Å²) in [6.07, 6.45) is 0.906. The van der Waals surface area contributed by atoms with Gasteiger partial charge < -0.3 is 21.5 Å². The number of para-hydroxylation sites is 1. The van der Waals surface area contributed by atoms with Crippen molar-refractivity contribution in [2.45, 2.75) is 19.9 Å². The first kappa shape index (κ1) is 20.5. The lowest BCUT2D eigenvalue weighted by molar-refractivity contribution is -0.114. The van der Waals surface area contributed by atoms with Crippen molar-refractivity contribution < 1.29 is 9.53 Å². The summed E-state index contributed by atoms with van der Waals surface area (Å²) in [5.41, 5.74) is 16.0. The number of benzene rings is 2. The number of fused-ring (bicyclic) bond motifs is 2. The normalized spacial score (nSPS) is 14.3. The summed E-state index contributed by atoms with van der Waals surface area (Å²) < 4.78 is 5.37. The van der Waals surface area contributed by atoms with Crippen LogP contribution in [0.15, 0.2) is 41.4 Å². The number of nitrogen functional groups attached to an aromatic ring is 1. The Morgan fingerprint density at radius 3 is 2.87 bits per heavy atom. The van der Waals surface area contributed by atoms with E-state index in [2.05, 4.69) is 31.2 Å². The predicted molar refractivity (Wildman–Crippen MR) is 122 cm³/mol. The van der Waals surface area contributed by atoms with E-state index in [0.29, 0.717) is 29.5 Å². The molecule has 3 aromatic rings. The molecule has 5 N–H and O–H groups in total. The first-order valence-corrected chi connectivity index (χ1v) is 9.98. The molecule has 0 fully saturated rings. The summed E-state index contributed by atoms with van der Waals surface area (Å²) in [4.78, 5) is 26.6. The maximum atomic E-state index is 11.3. The number of amides is 1. The van der Waals surface area contributed by atoms with Gasteiger partial charge in [0.1, 0.15) is 17.1 Å². The minimum absolute atomic E-state index is 0.0861. The molecule has 1 aliphatic rings. The molecule has 9 heteroatoms. The lowest BCUT2D eigenvalue weighted by atomic mass is 9.99. The second kappa shape index (κ2) is 8.57. The van der Waals surface area contributed by atoms with Gasteiger partial charge in [-0.1, -0.05) is 12.1 Å². The zero-order valence-electron chi connectivity index (χ0n) is 17.6. The third-order valence-corrected chi connectivity index (χ3v) is 5.16. The van der Waals surface area contributed by atoms with Gasteiger partial charge in [0.2, 0.25) is 11.9 Å². The second-order valence-corrected chi connectivity index (χ2v) is 7.49. The Morgan fingerprint density at radius 2 is 2.10 bits per heavy atom. The van der Waals surface area contributed by atoms with Crippen molar-refractivity contribution in [1.29, 1.82) is 0 Å². The molecule has 2 heterocycles. The molecule has 9 nitrogen and oxygen atoms in total. The number of anilines is 2. The van der Waals surface area contributed by atoms with Crippen LogP contribution in [0.5, 0.6) is 5.75 Å². The monoisotopic (exact) mass is 419 g/mol. The molecule has 0 saturated heterocycles. The highest BCUT2D eigenvalue weighted by Gasteiger charge is 2.18. The molecular formula is C22H25N7O2. The third-order valence-electron chi connectivity index (χ3n) is 5.16. The molecule has 1 aliphatic heterocycles. The van der Waals surface area contributed by atoms with Crippen molar-refractivity contribution in [2.75, 3.05) is 31.2 Å². The maximum Gasteiger partial charge on any atom is 0.222 e. The summed E-state index contributed by atoms with van der Waals surface area (Å²) >= 11 is 0. The number of ether oxygens (including phenoxy) is 1. The zero-order chi connectivity index (χ0) is 22.0. The third kappa shape index (κ3) is 4.56. The van der Waals surface area contributed by atoms with E-state index in [1.54, 1.807) is 7.11 Å². The van der Waals surface area contributed by atoms with Crippen LogP contribution in [0.2, 0.25) is 0 Å². The number of aliphatic imine (C=N–C) groups is 1. The van der Waals surface area contributed by atoms with Crippen molar-refractivity contribution in [3.63, 3.8) is 0 Å². The van der Waals surface area contributed by atoms with Crippen LogP contribution >= 0.6 is 0 Å². The topological polar surface area (TPSA) is 132 Å². The van der Waals surface area contributed by atoms with Gasteiger partial charge in [0.15, 0.2) is 5.82 Å². The van der Waals surface area contributed by atoms with Crippen LogP contribution < -0.4 is 21.5 Å². The molecule has 0 atom stereocenters. The van der Waals surface area contributed by atoms with E-state index in [1.807, 2.05) is 30.3 Å². The fourth-order valence-electron chi connectivity index (χ4n) is 3.81. The van der Waals surface area contributed by atoms with Gasteiger partial charge >= 0.3 is 0 Å². The van der Waals surface area contributed by atoms with E-state index in [9.17, 15) is 4.79 Å². The molecule has 160 valence electrons. The van der Waals surface area contributed by atoms with E-state index in [1.165, 1.54) is 18.1 Å². The summed E-state index contributed by atoms with van der Waals surface area (Å²) in [7, 11) is 1.58. The Kier molecular flexibility index (Phi) is 5.68. The molecule has 4 rings (SSSR count). The average molecular weight is 419 g/mol. The quantitative estimate of drug-likeness (QED) is 0.427. The first-order chi connectivity index (χ1) is 14.9. The van der Waals surface area contributed by atoms with Crippen molar-refractivity contribution in [3.05, 3.63) is 47.5 Å². The van der Waals surface area contributed by atoms with Crippen molar-refractivity contribution in [3.8, 4) is 5.75 Å². The lowest BCUT2D eigenvalue weighted by Gasteiger charge is -2.28. The van der Waals surface area contributed by atoms with Gasteiger partial charge in [0.05, 0.1) is 13.7 Å². The van der Waals surface area contributed by atoms with Gasteiger partial charge in [0.25, 0.3) is 0 Å². The zero-order valence-corrected chi connectivity index (χ0v) is 17.6. The Morgan fingerprint density at radius 1 is 1.26 bits per heavy atom. The van der Waals surface area contributed by atoms with Crippen LogP contribution in [-0.2, 0) is 17.8 Å². The van der Waals surface area contributed by atoms with Gasteiger partial charge in [-0.3, -0.25) is 9.69 Å². The van der Waals surface area contributed by atoms with Crippen LogP contribution in [0.4, 0.5) is 17.5 Å². The smallest absolute Gasteiger partial charge is 0.222 e. The number of aromatic nitrogens is 2. The van der Waals surface area contributed by atoms with Crippen LogP contribution in [0, 0.1) is 0 Å². The standard InChI is InChI=1S/C22H25N7O2/c1-13(30)25-16-7-6-14-8-9-29(11-15(14)10-16)12-19(23)26-21-17-4-3-5-18(31-2)20(17)27-22(24)28-21/h3-7,10H,8-9,11-12H2,1-2H3,(H,25,30)(H4,23,24,26,27,28). The van der Waals surface area contributed by atoms with E-state index in [0.717, 1.165) is 30.6 Å². The van der Waals surface area contributed by atoms with Crippen LogP contribution in [0.3, 0.4) is 0 Å². The number of carbonyl (C=O) groups excluding carboxylic acids is 1. The lowest BCUT2D eigenvalue weighted by Crippen LogP contribution is -2.37. The van der Waals surface area contributed by atoms with Crippen molar-refractivity contribution in [1.82, 2.24) is 14.9 Å². The highest BCUT2D eigenvalue weighted by atomic mass is 16.5. The minimum Gasteiger partial charge on any atom is -0.494 e. The molecule has 1 aromatic heterocycles. The Bertz CT molecular complexity index is 1180. The SMILES string of the molecule is COc1cccc2c(N=C(N)CN3CCc4ccc(NC(C)=O)cc4C3)nc(N)nc12. The minimum atomic E-state index is -0.0861. The Labute approximate surface area is 180 Å². The van der Waals surface area contributed by atoms with Crippen LogP contribution in [0.1, 0.15) is 18.1 Å². The second-order valence-electron chi connectivity index (χ2n) is 7.49. The number of nitrogens with two attached hydrogens (primary N) is 2. The molecule has 1 amide bonds. The molecule has 0 unspecified atom stereocenters. The molecule has 0 bridgehead atoms. The van der Waals surface area contributed by atoms with Gasteiger partial charge in [-0.2, -0.15) is 4.98 Å². The van der Waals surface area contributed by atoms with E-state index >= 15 is 0 Å². The Balaban J connectivity index is 1.55. The molecule has 2 aromatic carbocycles. The largest absolute Gasteiger partial charge is 0.494 e. The Hall–Kier alpha value is -3.72. The summed E-state index contributed by atoms with van der Waals surface area (Å²) in [6, 6.07) is 11.5. The summed E-state index contributed by atoms with van der Waals surface area (Å²) in [5.74, 6) is 1.48. The molecule has 0 saturated carbocycles.